The summed E-state index contributed by atoms with van der Waals surface area (Å²) in [5.74, 6) is 2.18. The molecule has 1 aliphatic heterocycles. The van der Waals surface area contributed by atoms with Crippen molar-refractivity contribution >= 4 is 6.03 Å². The molecule has 2 amide bonds. The van der Waals surface area contributed by atoms with Crippen LogP contribution in [0.5, 0.6) is 0 Å². The van der Waals surface area contributed by atoms with Crippen LogP contribution in [0.4, 0.5) is 4.79 Å². The smallest absolute Gasteiger partial charge is 0.318 e. The molecule has 1 aromatic heterocycles. The molecular weight excluding hydrogens is 294 g/mol. The van der Waals surface area contributed by atoms with Crippen LogP contribution in [-0.4, -0.2) is 51.0 Å². The maximum Gasteiger partial charge on any atom is 0.318 e. The minimum atomic E-state index is -0.367. The molecule has 1 aromatic rings. The first-order valence-corrected chi connectivity index (χ1v) is 8.38. The van der Waals surface area contributed by atoms with Gasteiger partial charge in [0.2, 0.25) is 0 Å². The lowest BCUT2D eigenvalue weighted by atomic mass is 10.1. The van der Waals surface area contributed by atoms with Crippen molar-refractivity contribution in [3.8, 4) is 0 Å². The zero-order valence-electron chi connectivity index (χ0n) is 15.1. The molecule has 0 radical (unpaired) electrons. The summed E-state index contributed by atoms with van der Waals surface area (Å²) >= 11 is 0. The first-order valence-electron chi connectivity index (χ1n) is 8.38. The van der Waals surface area contributed by atoms with Crippen LogP contribution < -0.4 is 5.32 Å². The normalized spacial score (nSPS) is 18.2. The van der Waals surface area contributed by atoms with Gasteiger partial charge in [-0.1, -0.05) is 13.8 Å². The molecule has 1 unspecified atom stereocenters. The molecule has 2 rings (SSSR count). The summed E-state index contributed by atoms with van der Waals surface area (Å²) in [5, 5.41) is 11.6. The first-order chi connectivity index (χ1) is 10.8. The van der Waals surface area contributed by atoms with E-state index in [9.17, 15) is 4.79 Å². The highest BCUT2D eigenvalue weighted by Gasteiger charge is 2.32. The Bertz CT molecular complexity index is 553. The van der Waals surface area contributed by atoms with E-state index in [2.05, 4.69) is 33.9 Å². The molecule has 130 valence electrons. The van der Waals surface area contributed by atoms with Gasteiger partial charge in [0, 0.05) is 32.2 Å². The standard InChI is InChI=1S/C16H29N5O2/c1-7-23-16(5,6)10-17-15(22)20-8-9-21-13(11(2)3)18-19-14(21)12(20)4/h11-12H,7-10H2,1-6H3,(H,17,22). The summed E-state index contributed by atoms with van der Waals surface area (Å²) < 4.78 is 7.76. The second-order valence-electron chi connectivity index (χ2n) is 6.94. The molecule has 0 spiro atoms. The molecule has 2 heterocycles. The van der Waals surface area contributed by atoms with E-state index >= 15 is 0 Å². The van der Waals surface area contributed by atoms with Crippen LogP contribution in [0.2, 0.25) is 0 Å². The molecule has 0 fully saturated rings. The molecule has 7 nitrogen and oxygen atoms in total. The lowest BCUT2D eigenvalue weighted by Gasteiger charge is -2.35. The maximum atomic E-state index is 12.5. The number of hydrogen-bond acceptors (Lipinski definition) is 4. The number of urea groups is 1. The van der Waals surface area contributed by atoms with Crippen molar-refractivity contribution < 1.29 is 9.53 Å². The lowest BCUT2D eigenvalue weighted by Crippen LogP contribution is -2.50. The number of hydrogen-bond donors (Lipinski definition) is 1. The number of nitrogens with zero attached hydrogens (tertiary/aromatic N) is 4. The average molecular weight is 323 g/mol. The van der Waals surface area contributed by atoms with E-state index in [-0.39, 0.29) is 17.7 Å². The number of carbonyl (C=O) groups excluding carboxylic acids is 1. The number of rotatable bonds is 5. The molecule has 1 atom stereocenters. The Morgan fingerprint density at radius 1 is 1.39 bits per heavy atom. The van der Waals surface area contributed by atoms with Gasteiger partial charge in [-0.3, -0.25) is 0 Å². The Kier molecular flexibility index (Phi) is 5.29. The fraction of sp³-hybridized carbons (Fsp3) is 0.812. The number of ether oxygens (including phenoxy) is 1. The molecule has 1 aliphatic rings. The molecule has 23 heavy (non-hydrogen) atoms. The van der Waals surface area contributed by atoms with E-state index in [1.165, 1.54) is 0 Å². The van der Waals surface area contributed by atoms with Crippen LogP contribution in [-0.2, 0) is 11.3 Å². The summed E-state index contributed by atoms with van der Waals surface area (Å²) in [7, 11) is 0. The second kappa shape index (κ2) is 6.86. The van der Waals surface area contributed by atoms with Crippen LogP contribution in [0.1, 0.15) is 65.2 Å². The molecule has 0 saturated heterocycles. The summed E-state index contributed by atoms with van der Waals surface area (Å²) in [6.45, 7) is 14.6. The fourth-order valence-corrected chi connectivity index (χ4v) is 2.94. The number of aromatic nitrogens is 3. The predicted molar refractivity (Wildman–Crippen MR) is 88.3 cm³/mol. The third-order valence-corrected chi connectivity index (χ3v) is 4.19. The van der Waals surface area contributed by atoms with E-state index in [1.807, 2.05) is 32.6 Å². The Balaban J connectivity index is 2.03. The van der Waals surface area contributed by atoms with Gasteiger partial charge >= 0.3 is 6.03 Å². The highest BCUT2D eigenvalue weighted by Crippen LogP contribution is 2.26. The molecule has 0 aromatic carbocycles. The second-order valence-corrected chi connectivity index (χ2v) is 6.94. The highest BCUT2D eigenvalue weighted by molar-refractivity contribution is 5.74. The zero-order chi connectivity index (χ0) is 17.2. The van der Waals surface area contributed by atoms with Gasteiger partial charge in [0.25, 0.3) is 0 Å². The van der Waals surface area contributed by atoms with Gasteiger partial charge < -0.3 is 19.5 Å². The van der Waals surface area contributed by atoms with Gasteiger partial charge in [0.15, 0.2) is 5.82 Å². The molecule has 0 saturated carbocycles. The van der Waals surface area contributed by atoms with Gasteiger partial charge in [-0.15, -0.1) is 10.2 Å². The maximum absolute atomic E-state index is 12.5. The van der Waals surface area contributed by atoms with Crippen molar-refractivity contribution in [2.24, 2.45) is 0 Å². The van der Waals surface area contributed by atoms with Crippen molar-refractivity contribution in [3.63, 3.8) is 0 Å². The SMILES string of the molecule is CCOC(C)(C)CNC(=O)N1CCn2c(C(C)C)nnc2C1C. The molecule has 0 bridgehead atoms. The largest absolute Gasteiger partial charge is 0.374 e. The summed E-state index contributed by atoms with van der Waals surface area (Å²) in [5.41, 5.74) is -0.367. The van der Waals surface area contributed by atoms with Gasteiger partial charge in [0.05, 0.1) is 11.6 Å². The van der Waals surface area contributed by atoms with Gasteiger partial charge in [-0.2, -0.15) is 0 Å². The summed E-state index contributed by atoms with van der Waals surface area (Å²) in [4.78, 5) is 14.3. The number of amides is 2. The van der Waals surface area contributed by atoms with E-state index in [0.29, 0.717) is 25.6 Å². The van der Waals surface area contributed by atoms with E-state index in [0.717, 1.165) is 18.2 Å². The van der Waals surface area contributed by atoms with Gasteiger partial charge in [-0.05, 0) is 27.7 Å². The Hall–Kier alpha value is -1.63. The van der Waals surface area contributed by atoms with Crippen molar-refractivity contribution in [2.75, 3.05) is 19.7 Å². The fourth-order valence-electron chi connectivity index (χ4n) is 2.94. The monoisotopic (exact) mass is 323 g/mol. The van der Waals surface area contributed by atoms with E-state index in [4.69, 9.17) is 4.74 Å². The van der Waals surface area contributed by atoms with Crippen molar-refractivity contribution in [2.45, 2.75) is 65.6 Å². The minimum absolute atomic E-state index is 0.0781. The third kappa shape index (κ3) is 3.83. The molecule has 1 N–H and O–H groups in total. The Morgan fingerprint density at radius 3 is 2.70 bits per heavy atom. The average Bonchev–Trinajstić information content (AvgIpc) is 2.90. The van der Waals surface area contributed by atoms with E-state index < -0.39 is 0 Å². The van der Waals surface area contributed by atoms with Crippen LogP contribution in [0.3, 0.4) is 0 Å². The first kappa shape index (κ1) is 17.7. The van der Waals surface area contributed by atoms with Crippen LogP contribution in [0.15, 0.2) is 0 Å². The topological polar surface area (TPSA) is 72.3 Å². The van der Waals surface area contributed by atoms with Crippen LogP contribution >= 0.6 is 0 Å². The number of carbonyl (C=O) groups is 1. The van der Waals surface area contributed by atoms with E-state index in [1.54, 1.807) is 0 Å². The highest BCUT2D eigenvalue weighted by atomic mass is 16.5. The van der Waals surface area contributed by atoms with Crippen molar-refractivity contribution in [1.82, 2.24) is 25.0 Å². The molecular formula is C16H29N5O2. The molecule has 0 aliphatic carbocycles. The number of nitrogens with one attached hydrogen (secondary N) is 1. The Labute approximate surface area is 138 Å². The molecule has 7 heteroatoms. The minimum Gasteiger partial charge on any atom is -0.374 e. The van der Waals surface area contributed by atoms with Crippen LogP contribution in [0, 0.1) is 0 Å². The predicted octanol–water partition coefficient (Wildman–Crippen LogP) is 2.30. The number of fused-ring (bicyclic) bond motifs is 1. The van der Waals surface area contributed by atoms with Crippen molar-refractivity contribution in [1.29, 1.82) is 0 Å². The van der Waals surface area contributed by atoms with Crippen LogP contribution in [0.25, 0.3) is 0 Å². The third-order valence-electron chi connectivity index (χ3n) is 4.19. The van der Waals surface area contributed by atoms with Gasteiger partial charge in [0.1, 0.15) is 5.82 Å². The quantitative estimate of drug-likeness (QED) is 0.902. The summed E-state index contributed by atoms with van der Waals surface area (Å²) in [6, 6.07) is -0.162. The summed E-state index contributed by atoms with van der Waals surface area (Å²) in [6.07, 6.45) is 0. The zero-order valence-corrected chi connectivity index (χ0v) is 15.1. The Morgan fingerprint density at radius 2 is 2.09 bits per heavy atom. The van der Waals surface area contributed by atoms with Crippen molar-refractivity contribution in [3.05, 3.63) is 11.6 Å². The van der Waals surface area contributed by atoms with Gasteiger partial charge in [-0.25, -0.2) is 4.79 Å². The lowest BCUT2D eigenvalue weighted by molar-refractivity contribution is -0.00804.